The van der Waals surface area contributed by atoms with E-state index < -0.39 is 16.1 Å². The molecular formula is C25H31Cl2N3O6S. The summed E-state index contributed by atoms with van der Waals surface area (Å²) >= 11 is 12.3. The standard InChI is InChI=1S/C25H31Cl2N3O6S/c1-16(2)28-25(32)17(3)29(14-18-7-8-19(26)12-21(18)27)24(31)6-5-11-30(37(4,33)34)20-9-10-22-23(13-20)36-15-35-22/h7-10,12-13,16-17H,5-6,11,14-15H2,1-4H3,(H,28,32)/t17-/m1/s1. The Morgan fingerprint density at radius 1 is 1.05 bits per heavy atom. The number of carbonyl (C=O) groups is 2. The summed E-state index contributed by atoms with van der Waals surface area (Å²) in [5.41, 5.74) is 1.05. The van der Waals surface area contributed by atoms with Crippen molar-refractivity contribution in [3.05, 3.63) is 52.0 Å². The lowest BCUT2D eigenvalue weighted by Gasteiger charge is -2.30. The van der Waals surface area contributed by atoms with E-state index in [1.54, 1.807) is 43.3 Å². The van der Waals surface area contributed by atoms with Gasteiger partial charge in [-0.25, -0.2) is 8.42 Å². The van der Waals surface area contributed by atoms with Gasteiger partial charge in [0.2, 0.25) is 28.6 Å². The van der Waals surface area contributed by atoms with Crippen LogP contribution in [0.1, 0.15) is 39.2 Å². The van der Waals surface area contributed by atoms with Crippen LogP contribution in [0, 0.1) is 0 Å². The molecule has 1 aliphatic rings. The molecule has 3 rings (SSSR count). The summed E-state index contributed by atoms with van der Waals surface area (Å²) in [6.07, 6.45) is 1.34. The Labute approximate surface area is 227 Å². The van der Waals surface area contributed by atoms with Crippen LogP contribution in [0.5, 0.6) is 11.5 Å². The van der Waals surface area contributed by atoms with Gasteiger partial charge in [0.25, 0.3) is 0 Å². The van der Waals surface area contributed by atoms with Crippen molar-refractivity contribution in [2.45, 2.75) is 52.2 Å². The first-order valence-corrected chi connectivity index (χ1v) is 14.4. The predicted molar refractivity (Wildman–Crippen MR) is 144 cm³/mol. The van der Waals surface area contributed by atoms with Gasteiger partial charge >= 0.3 is 0 Å². The molecule has 0 aromatic heterocycles. The second-order valence-electron chi connectivity index (χ2n) is 9.07. The number of amides is 2. The molecule has 37 heavy (non-hydrogen) atoms. The third-order valence-corrected chi connectivity index (χ3v) is 7.53. The van der Waals surface area contributed by atoms with E-state index >= 15 is 0 Å². The monoisotopic (exact) mass is 571 g/mol. The van der Waals surface area contributed by atoms with E-state index in [0.29, 0.717) is 32.8 Å². The van der Waals surface area contributed by atoms with Crippen LogP contribution in [0.2, 0.25) is 10.0 Å². The van der Waals surface area contributed by atoms with Crippen molar-refractivity contribution in [3.63, 3.8) is 0 Å². The Kier molecular flexibility index (Phi) is 9.55. The van der Waals surface area contributed by atoms with Crippen molar-refractivity contribution in [2.24, 2.45) is 0 Å². The normalized spacial score (nSPS) is 13.4. The van der Waals surface area contributed by atoms with Crippen LogP contribution in [-0.4, -0.2) is 56.8 Å². The second kappa shape index (κ2) is 12.2. The molecule has 9 nitrogen and oxygen atoms in total. The van der Waals surface area contributed by atoms with E-state index in [2.05, 4.69) is 5.32 Å². The minimum absolute atomic E-state index is 0.0150. The lowest BCUT2D eigenvalue weighted by Crippen LogP contribution is -2.49. The minimum atomic E-state index is -3.64. The molecule has 0 fully saturated rings. The third-order valence-electron chi connectivity index (χ3n) is 5.75. The molecule has 2 amide bonds. The molecule has 0 saturated heterocycles. The second-order valence-corrected chi connectivity index (χ2v) is 11.8. The zero-order chi connectivity index (χ0) is 27.3. The van der Waals surface area contributed by atoms with E-state index in [9.17, 15) is 18.0 Å². The number of hydrogen-bond donors (Lipinski definition) is 1. The van der Waals surface area contributed by atoms with E-state index in [1.807, 2.05) is 13.8 Å². The molecule has 1 heterocycles. The van der Waals surface area contributed by atoms with Gasteiger partial charge in [0.1, 0.15) is 6.04 Å². The number of carbonyl (C=O) groups excluding carboxylic acids is 2. The molecular weight excluding hydrogens is 541 g/mol. The van der Waals surface area contributed by atoms with E-state index in [0.717, 1.165) is 6.26 Å². The van der Waals surface area contributed by atoms with Gasteiger partial charge in [-0.15, -0.1) is 0 Å². The van der Waals surface area contributed by atoms with Crippen LogP contribution in [0.4, 0.5) is 5.69 Å². The van der Waals surface area contributed by atoms with Crippen LogP contribution < -0.4 is 19.1 Å². The molecule has 1 aliphatic heterocycles. The number of hydrogen-bond acceptors (Lipinski definition) is 6. The fourth-order valence-electron chi connectivity index (χ4n) is 3.87. The predicted octanol–water partition coefficient (Wildman–Crippen LogP) is 4.21. The molecule has 202 valence electrons. The highest BCUT2D eigenvalue weighted by molar-refractivity contribution is 7.92. The van der Waals surface area contributed by atoms with E-state index in [-0.39, 0.29) is 50.6 Å². The number of sulfonamides is 1. The van der Waals surface area contributed by atoms with Crippen molar-refractivity contribution in [3.8, 4) is 11.5 Å². The molecule has 0 radical (unpaired) electrons. The van der Waals surface area contributed by atoms with E-state index in [4.69, 9.17) is 32.7 Å². The molecule has 12 heteroatoms. The number of anilines is 1. The SMILES string of the molecule is CC(C)NC(=O)[C@@H](C)N(Cc1ccc(Cl)cc1Cl)C(=O)CCCN(c1ccc2c(c1)OCO2)S(C)(=O)=O. The summed E-state index contributed by atoms with van der Waals surface area (Å²) in [4.78, 5) is 27.5. The fraction of sp³-hybridized carbons (Fsp3) is 0.440. The molecule has 0 bridgehead atoms. The summed E-state index contributed by atoms with van der Waals surface area (Å²) in [6.45, 7) is 5.55. The quantitative estimate of drug-likeness (QED) is 0.433. The van der Waals surface area contributed by atoms with Gasteiger partial charge in [0.05, 0.1) is 11.9 Å². The first-order valence-electron chi connectivity index (χ1n) is 11.8. The number of rotatable bonds is 11. The number of nitrogens with zero attached hydrogens (tertiary/aromatic N) is 2. The number of halogens is 2. The summed E-state index contributed by atoms with van der Waals surface area (Å²) in [7, 11) is -3.64. The summed E-state index contributed by atoms with van der Waals surface area (Å²) in [5, 5.41) is 3.67. The van der Waals surface area contributed by atoms with Crippen molar-refractivity contribution in [1.29, 1.82) is 0 Å². The fourth-order valence-corrected chi connectivity index (χ4v) is 5.29. The highest BCUT2D eigenvalue weighted by atomic mass is 35.5. The van der Waals surface area contributed by atoms with Crippen molar-refractivity contribution in [1.82, 2.24) is 10.2 Å². The molecule has 2 aromatic rings. The maximum atomic E-state index is 13.4. The van der Waals surface area contributed by atoms with Gasteiger partial charge in [0, 0.05) is 41.7 Å². The Morgan fingerprint density at radius 3 is 2.41 bits per heavy atom. The molecule has 2 aromatic carbocycles. The summed E-state index contributed by atoms with van der Waals surface area (Å²) in [5.74, 6) is 0.388. The van der Waals surface area contributed by atoms with Crippen LogP contribution in [0.15, 0.2) is 36.4 Å². The maximum Gasteiger partial charge on any atom is 0.242 e. The molecule has 0 unspecified atom stereocenters. The van der Waals surface area contributed by atoms with Gasteiger partial charge in [0.15, 0.2) is 11.5 Å². The number of ether oxygens (including phenoxy) is 2. The Morgan fingerprint density at radius 2 is 1.76 bits per heavy atom. The topological polar surface area (TPSA) is 105 Å². The van der Waals surface area contributed by atoms with Crippen LogP contribution in [0.3, 0.4) is 0 Å². The zero-order valence-corrected chi connectivity index (χ0v) is 23.5. The highest BCUT2D eigenvalue weighted by Gasteiger charge is 2.28. The molecule has 0 spiro atoms. The largest absolute Gasteiger partial charge is 0.454 e. The molecule has 1 N–H and O–H groups in total. The first-order chi connectivity index (χ1) is 17.4. The van der Waals surface area contributed by atoms with E-state index in [1.165, 1.54) is 9.21 Å². The Hall–Kier alpha value is -2.69. The number of nitrogens with one attached hydrogen (secondary N) is 1. The smallest absolute Gasteiger partial charge is 0.242 e. The van der Waals surface area contributed by atoms with Crippen molar-refractivity contribution >= 4 is 50.7 Å². The van der Waals surface area contributed by atoms with Gasteiger partial charge in [-0.1, -0.05) is 29.3 Å². The lowest BCUT2D eigenvalue weighted by molar-refractivity contribution is -0.140. The van der Waals surface area contributed by atoms with Gasteiger partial charge in [-0.3, -0.25) is 13.9 Å². The average Bonchev–Trinajstić information content (AvgIpc) is 3.27. The van der Waals surface area contributed by atoms with Crippen molar-refractivity contribution < 1.29 is 27.5 Å². The van der Waals surface area contributed by atoms with Crippen molar-refractivity contribution in [2.75, 3.05) is 23.9 Å². The minimum Gasteiger partial charge on any atom is -0.454 e. The number of benzene rings is 2. The van der Waals surface area contributed by atoms with Crippen LogP contribution in [0.25, 0.3) is 0 Å². The zero-order valence-electron chi connectivity index (χ0n) is 21.2. The summed E-state index contributed by atoms with van der Waals surface area (Å²) < 4.78 is 36.9. The third kappa shape index (κ3) is 7.66. The number of fused-ring (bicyclic) bond motifs is 1. The van der Waals surface area contributed by atoms with Crippen LogP contribution >= 0.6 is 23.2 Å². The lowest BCUT2D eigenvalue weighted by atomic mass is 10.1. The molecule has 0 saturated carbocycles. The van der Waals surface area contributed by atoms with Gasteiger partial charge < -0.3 is 19.7 Å². The van der Waals surface area contributed by atoms with Crippen LogP contribution in [-0.2, 0) is 26.2 Å². The summed E-state index contributed by atoms with van der Waals surface area (Å²) in [6, 6.07) is 8.95. The highest BCUT2D eigenvalue weighted by Crippen LogP contribution is 2.36. The average molecular weight is 573 g/mol. The Bertz CT molecular complexity index is 1250. The molecule has 0 aliphatic carbocycles. The van der Waals surface area contributed by atoms with Gasteiger partial charge in [-0.2, -0.15) is 0 Å². The van der Waals surface area contributed by atoms with Gasteiger partial charge in [-0.05, 0) is 57.0 Å². The maximum absolute atomic E-state index is 13.4. The first kappa shape index (κ1) is 28.9. The Balaban J connectivity index is 1.75. The molecule has 1 atom stereocenters.